The minimum Gasteiger partial charge on any atom is -0.445 e. The molecule has 0 aromatic heterocycles. The summed E-state index contributed by atoms with van der Waals surface area (Å²) in [5.74, 6) is -2.94. The topological polar surface area (TPSA) is 238 Å². The Morgan fingerprint density at radius 3 is 1.79 bits per heavy atom. The zero-order valence-electron chi connectivity index (χ0n) is 27.5. The third-order valence-corrected chi connectivity index (χ3v) is 7.10. The molecule has 0 bridgehead atoms. The number of benzene rings is 1. The largest absolute Gasteiger partial charge is 0.445 e. The summed E-state index contributed by atoms with van der Waals surface area (Å²) in [6.07, 6.45) is 2.86. The highest BCUT2D eigenvalue weighted by Gasteiger charge is 2.31. The summed E-state index contributed by atoms with van der Waals surface area (Å²) in [6.45, 7) is 4.31. The lowest BCUT2D eigenvalue weighted by molar-refractivity contribution is -0.135. The summed E-state index contributed by atoms with van der Waals surface area (Å²) in [7, 11) is 0. The Morgan fingerprint density at radius 1 is 0.766 bits per heavy atom. The standard InChI is InChI=1S/C32H52N6O9/c1-4-5-13-24(28(42)34-23(17-39)16-21(2)3)35-29(43)25(14-9-10-15-33)36-30(44)26(18-40)37-31(45)27(19-41)38-32(46)47-20-22-11-7-6-8-12-22/h6-8,11-12,17,21,23-27,40-41H,4-5,9-10,13-16,18-20,33H2,1-3H3,(H,34,42)(H,35,43)(H,36,44)(H,37,45)(H,38,46)/t23-,24-,25-,26-,27-/m0/s1. The van der Waals surface area contributed by atoms with E-state index in [-0.39, 0.29) is 18.9 Å². The van der Waals surface area contributed by atoms with E-state index >= 15 is 0 Å². The van der Waals surface area contributed by atoms with Gasteiger partial charge in [0.2, 0.25) is 23.6 Å². The Morgan fingerprint density at radius 2 is 1.28 bits per heavy atom. The maximum Gasteiger partial charge on any atom is 0.408 e. The van der Waals surface area contributed by atoms with Crippen LogP contribution in [0.15, 0.2) is 30.3 Å². The van der Waals surface area contributed by atoms with Gasteiger partial charge in [0.05, 0.1) is 19.3 Å². The van der Waals surface area contributed by atoms with Gasteiger partial charge in [-0.15, -0.1) is 0 Å². The van der Waals surface area contributed by atoms with Crippen LogP contribution < -0.4 is 32.3 Å². The number of nitrogens with one attached hydrogen (secondary N) is 5. The third-order valence-electron chi connectivity index (χ3n) is 7.10. The van der Waals surface area contributed by atoms with Crippen LogP contribution in [0.5, 0.6) is 0 Å². The van der Waals surface area contributed by atoms with Crippen LogP contribution in [0.4, 0.5) is 4.79 Å². The third kappa shape index (κ3) is 16.4. The molecule has 47 heavy (non-hydrogen) atoms. The molecule has 0 saturated heterocycles. The van der Waals surface area contributed by atoms with E-state index in [1.165, 1.54) is 0 Å². The van der Waals surface area contributed by atoms with Crippen LogP contribution in [0.2, 0.25) is 0 Å². The van der Waals surface area contributed by atoms with E-state index in [1.54, 1.807) is 30.3 Å². The van der Waals surface area contributed by atoms with Gasteiger partial charge in [-0.25, -0.2) is 4.79 Å². The number of unbranched alkanes of at least 4 members (excludes halogenated alkanes) is 2. The summed E-state index contributed by atoms with van der Waals surface area (Å²) in [5, 5.41) is 31.9. The van der Waals surface area contributed by atoms with Gasteiger partial charge >= 0.3 is 6.09 Å². The highest BCUT2D eigenvalue weighted by Crippen LogP contribution is 2.08. The molecule has 0 aliphatic heterocycles. The lowest BCUT2D eigenvalue weighted by Crippen LogP contribution is -2.59. The van der Waals surface area contributed by atoms with Crippen molar-refractivity contribution in [3.8, 4) is 0 Å². The van der Waals surface area contributed by atoms with E-state index < -0.39 is 73.1 Å². The molecule has 0 aliphatic rings. The number of nitrogens with two attached hydrogens (primary N) is 1. The predicted octanol–water partition coefficient (Wildman–Crippen LogP) is -0.231. The minimum atomic E-state index is -1.55. The summed E-state index contributed by atoms with van der Waals surface area (Å²) in [6, 6.07) is 2.86. The molecule has 15 heteroatoms. The van der Waals surface area contributed by atoms with Crippen molar-refractivity contribution in [1.82, 2.24) is 26.6 Å². The molecule has 0 spiro atoms. The monoisotopic (exact) mass is 664 g/mol. The molecule has 1 rings (SSSR count). The second-order valence-electron chi connectivity index (χ2n) is 11.6. The molecule has 5 atom stereocenters. The van der Waals surface area contributed by atoms with E-state index in [1.807, 2.05) is 20.8 Å². The van der Waals surface area contributed by atoms with Crippen LogP contribution in [0, 0.1) is 5.92 Å². The number of aliphatic hydroxyl groups is 2. The number of carbonyl (C=O) groups is 6. The summed E-state index contributed by atoms with van der Waals surface area (Å²) >= 11 is 0. The van der Waals surface area contributed by atoms with E-state index in [2.05, 4.69) is 26.6 Å². The van der Waals surface area contributed by atoms with Crippen LogP contribution in [0.3, 0.4) is 0 Å². The fourth-order valence-corrected chi connectivity index (χ4v) is 4.49. The van der Waals surface area contributed by atoms with Crippen molar-refractivity contribution < 1.29 is 43.7 Å². The zero-order chi connectivity index (χ0) is 35.2. The van der Waals surface area contributed by atoms with Gasteiger partial charge in [-0.3, -0.25) is 19.2 Å². The van der Waals surface area contributed by atoms with Crippen molar-refractivity contribution in [2.75, 3.05) is 19.8 Å². The maximum absolute atomic E-state index is 13.4. The molecular weight excluding hydrogens is 612 g/mol. The van der Waals surface area contributed by atoms with Gasteiger partial charge in [0, 0.05) is 0 Å². The average molecular weight is 665 g/mol. The number of ether oxygens (including phenoxy) is 1. The Bertz CT molecular complexity index is 1120. The lowest BCUT2D eigenvalue weighted by atomic mass is 10.0. The molecule has 264 valence electrons. The molecule has 0 aliphatic carbocycles. The number of hydrogen-bond donors (Lipinski definition) is 8. The second kappa shape index (κ2) is 23.3. The second-order valence-corrected chi connectivity index (χ2v) is 11.6. The van der Waals surface area contributed by atoms with Crippen molar-refractivity contribution in [2.45, 2.75) is 103 Å². The first-order chi connectivity index (χ1) is 22.5. The number of carbonyl (C=O) groups excluding carboxylic acids is 6. The average Bonchev–Trinajstić information content (AvgIpc) is 3.05. The van der Waals surface area contributed by atoms with Crippen molar-refractivity contribution in [2.24, 2.45) is 11.7 Å². The first kappa shape index (κ1) is 40.9. The molecule has 1 aromatic carbocycles. The SMILES string of the molecule is CCCC[C@H](NC(=O)[C@H](CCCCN)NC(=O)[C@H](CO)NC(=O)[C@H](CO)NC(=O)OCc1ccccc1)C(=O)N[C@H](C=O)CC(C)C. The van der Waals surface area contributed by atoms with Gasteiger partial charge < -0.3 is 52.1 Å². The smallest absolute Gasteiger partial charge is 0.408 e. The molecule has 0 fully saturated rings. The van der Waals surface area contributed by atoms with Crippen molar-refractivity contribution in [1.29, 1.82) is 0 Å². The quantitative estimate of drug-likeness (QED) is 0.0565. The molecule has 15 nitrogen and oxygen atoms in total. The number of amides is 5. The molecule has 0 saturated carbocycles. The number of aliphatic hydroxyl groups excluding tert-OH is 2. The predicted molar refractivity (Wildman–Crippen MR) is 173 cm³/mol. The Hall–Kier alpha value is -4.08. The van der Waals surface area contributed by atoms with Crippen LogP contribution >= 0.6 is 0 Å². The fraction of sp³-hybridized carbons (Fsp3) is 0.625. The maximum atomic E-state index is 13.4. The van der Waals surface area contributed by atoms with Crippen LogP contribution in [0.1, 0.15) is 71.3 Å². The summed E-state index contributed by atoms with van der Waals surface area (Å²) < 4.78 is 5.06. The van der Waals surface area contributed by atoms with Crippen LogP contribution in [0.25, 0.3) is 0 Å². The van der Waals surface area contributed by atoms with Gasteiger partial charge in [-0.05, 0) is 50.1 Å². The Balaban J connectivity index is 2.94. The highest BCUT2D eigenvalue weighted by atomic mass is 16.5. The molecule has 5 amide bonds. The molecule has 1 aromatic rings. The molecule has 9 N–H and O–H groups in total. The molecule has 0 unspecified atom stereocenters. The highest BCUT2D eigenvalue weighted by molar-refractivity contribution is 5.95. The Kier molecular flexibility index (Phi) is 20.3. The van der Waals surface area contributed by atoms with Gasteiger partial charge in [0.15, 0.2) is 0 Å². The van der Waals surface area contributed by atoms with E-state index in [0.717, 1.165) is 6.42 Å². The van der Waals surface area contributed by atoms with Gasteiger partial charge in [0.25, 0.3) is 0 Å². The first-order valence-electron chi connectivity index (χ1n) is 16.0. The van der Waals surface area contributed by atoms with E-state index in [0.29, 0.717) is 50.5 Å². The van der Waals surface area contributed by atoms with Crippen molar-refractivity contribution in [3.63, 3.8) is 0 Å². The number of alkyl carbamates (subject to hydrolysis) is 1. The van der Waals surface area contributed by atoms with E-state index in [9.17, 15) is 39.0 Å². The summed E-state index contributed by atoms with van der Waals surface area (Å²) in [4.78, 5) is 76.1. The van der Waals surface area contributed by atoms with Gasteiger partial charge in [-0.2, -0.15) is 0 Å². The lowest BCUT2D eigenvalue weighted by Gasteiger charge is -2.26. The van der Waals surface area contributed by atoms with Crippen LogP contribution in [-0.2, 0) is 35.3 Å². The normalized spacial score (nSPS) is 14.1. The fourth-order valence-electron chi connectivity index (χ4n) is 4.49. The number of aldehydes is 1. The summed E-state index contributed by atoms with van der Waals surface area (Å²) in [5.41, 5.74) is 6.30. The van der Waals surface area contributed by atoms with Crippen molar-refractivity contribution >= 4 is 36.0 Å². The first-order valence-corrected chi connectivity index (χ1v) is 16.0. The Labute approximate surface area is 276 Å². The number of rotatable bonds is 23. The molecular formula is C32H52N6O9. The molecule has 0 heterocycles. The van der Waals surface area contributed by atoms with Crippen LogP contribution in [-0.4, -0.2) is 96.2 Å². The molecule has 0 radical (unpaired) electrons. The van der Waals surface area contributed by atoms with Crippen molar-refractivity contribution in [3.05, 3.63) is 35.9 Å². The van der Waals surface area contributed by atoms with E-state index in [4.69, 9.17) is 10.5 Å². The minimum absolute atomic E-state index is 0.0850. The zero-order valence-corrected chi connectivity index (χ0v) is 27.5. The van der Waals surface area contributed by atoms with Gasteiger partial charge in [-0.1, -0.05) is 63.9 Å². The van der Waals surface area contributed by atoms with Gasteiger partial charge in [0.1, 0.15) is 37.1 Å². The number of hydrogen-bond acceptors (Lipinski definition) is 10.